The highest BCUT2D eigenvalue weighted by molar-refractivity contribution is 7.97. The third kappa shape index (κ3) is 4.33. The van der Waals surface area contributed by atoms with Gasteiger partial charge in [0.2, 0.25) is 0 Å². The van der Waals surface area contributed by atoms with Crippen LogP contribution in [0.3, 0.4) is 0 Å². The van der Waals surface area contributed by atoms with E-state index in [9.17, 15) is 5.11 Å². The van der Waals surface area contributed by atoms with Gasteiger partial charge in [0.05, 0.1) is 0 Å². The van der Waals surface area contributed by atoms with Gasteiger partial charge < -0.3 is 10.0 Å². The van der Waals surface area contributed by atoms with Crippen molar-refractivity contribution in [1.29, 1.82) is 0 Å². The summed E-state index contributed by atoms with van der Waals surface area (Å²) in [4.78, 5) is 3.72. The highest BCUT2D eigenvalue weighted by Gasteiger charge is 2.26. The Hall–Kier alpha value is -3.17. The molecule has 1 fully saturated rings. The average Bonchev–Trinajstić information content (AvgIpc) is 3.37. The van der Waals surface area contributed by atoms with E-state index < -0.39 is 0 Å². The molecule has 1 N–H and O–H groups in total. The summed E-state index contributed by atoms with van der Waals surface area (Å²) in [6, 6.07) is 35.6. The third-order valence-corrected chi connectivity index (χ3v) is 8.30. The first-order valence-corrected chi connectivity index (χ1v) is 12.4. The molecule has 1 aliphatic rings. The van der Waals surface area contributed by atoms with E-state index in [2.05, 4.69) is 77.7 Å². The molecule has 0 aromatic heterocycles. The van der Waals surface area contributed by atoms with E-state index in [0.29, 0.717) is 10.9 Å². The molecule has 5 rings (SSSR count). The monoisotopic (exact) mass is 424 g/mol. The lowest BCUT2D eigenvalue weighted by Crippen LogP contribution is -2.10. The van der Waals surface area contributed by atoms with Crippen LogP contribution in [0, 0.1) is 0 Å². The molecule has 2 nitrogen and oxygen atoms in total. The number of benzene rings is 4. The number of phenolic OH excluding ortho intramolecular Hbond substituents is 1. The van der Waals surface area contributed by atoms with Gasteiger partial charge in [0, 0.05) is 28.0 Å². The largest absolute Gasteiger partial charge is 0.508 e. The predicted octanol–water partition coefficient (Wildman–Crippen LogP) is 7.30. The van der Waals surface area contributed by atoms with E-state index in [-0.39, 0.29) is 5.75 Å². The van der Waals surface area contributed by atoms with Crippen molar-refractivity contribution in [3.63, 3.8) is 0 Å². The van der Waals surface area contributed by atoms with Gasteiger partial charge in [-0.3, -0.25) is 0 Å². The number of anilines is 3. The van der Waals surface area contributed by atoms with Crippen LogP contribution in [0.5, 0.6) is 5.75 Å². The molecule has 0 atom stereocenters. The van der Waals surface area contributed by atoms with E-state index in [4.69, 9.17) is 0 Å². The minimum absolute atomic E-state index is 0.279. The average molecular weight is 425 g/mol. The number of aromatic hydroxyl groups is 1. The zero-order chi connectivity index (χ0) is 21.0. The maximum absolute atomic E-state index is 9.78. The Balaban J connectivity index is 1.51. The Morgan fingerprint density at radius 3 is 1.61 bits per heavy atom. The van der Waals surface area contributed by atoms with Gasteiger partial charge in [-0.2, -0.15) is 0 Å². The van der Waals surface area contributed by atoms with Gasteiger partial charge in [-0.15, -0.1) is 0 Å². The fourth-order valence-corrected chi connectivity index (χ4v) is 6.46. The van der Waals surface area contributed by atoms with Crippen molar-refractivity contribution < 1.29 is 5.11 Å². The molecule has 1 aliphatic heterocycles. The second kappa shape index (κ2) is 8.91. The molecule has 0 aliphatic carbocycles. The first kappa shape index (κ1) is 19.8. The molecule has 1 saturated heterocycles. The van der Waals surface area contributed by atoms with Crippen molar-refractivity contribution in [2.75, 3.05) is 16.4 Å². The van der Waals surface area contributed by atoms with Crippen LogP contribution >= 0.6 is 0 Å². The van der Waals surface area contributed by atoms with Gasteiger partial charge in [0.25, 0.3) is 0 Å². The van der Waals surface area contributed by atoms with E-state index >= 15 is 0 Å². The number of hydrogen-bond donors (Lipinski definition) is 1. The van der Waals surface area contributed by atoms with Crippen molar-refractivity contribution in [2.45, 2.75) is 17.7 Å². The van der Waals surface area contributed by atoms with Crippen LogP contribution in [0.25, 0.3) is 11.1 Å². The molecule has 0 bridgehead atoms. The normalized spacial score (nSPS) is 13.9. The first-order chi connectivity index (χ1) is 15.3. The molecular formula is C28H26NOS+. The van der Waals surface area contributed by atoms with Gasteiger partial charge in [-0.05, 0) is 84.6 Å². The van der Waals surface area contributed by atoms with Gasteiger partial charge >= 0.3 is 0 Å². The molecule has 0 saturated carbocycles. The van der Waals surface area contributed by atoms with Gasteiger partial charge in [-0.1, -0.05) is 42.5 Å². The molecule has 3 heteroatoms. The predicted molar refractivity (Wildman–Crippen MR) is 133 cm³/mol. The summed E-state index contributed by atoms with van der Waals surface area (Å²) in [7, 11) is 0.420. The fraction of sp³-hybridized carbons (Fsp3) is 0.143. The van der Waals surface area contributed by atoms with E-state index in [1.807, 2.05) is 18.2 Å². The van der Waals surface area contributed by atoms with Crippen molar-refractivity contribution in [3.8, 4) is 16.9 Å². The van der Waals surface area contributed by atoms with Crippen LogP contribution in [0.4, 0.5) is 17.1 Å². The number of hydrogen-bond acceptors (Lipinski definition) is 2. The van der Waals surface area contributed by atoms with E-state index in [1.165, 1.54) is 40.4 Å². The summed E-state index contributed by atoms with van der Waals surface area (Å²) in [5.74, 6) is 2.95. The molecule has 1 heterocycles. The molecule has 4 aromatic rings. The van der Waals surface area contributed by atoms with Crippen LogP contribution in [0.1, 0.15) is 12.8 Å². The van der Waals surface area contributed by atoms with Crippen LogP contribution in [-0.4, -0.2) is 16.6 Å². The SMILES string of the molecule is Oc1ccc(N(c2ccc(-c3ccccc3)cc2)c2ccc([S+]3CCCC3)cc2)cc1. The number of phenols is 1. The molecular weight excluding hydrogens is 398 g/mol. The Morgan fingerprint density at radius 2 is 1.03 bits per heavy atom. The summed E-state index contributed by atoms with van der Waals surface area (Å²) < 4.78 is 0. The van der Waals surface area contributed by atoms with Crippen LogP contribution in [0.15, 0.2) is 108 Å². The number of rotatable bonds is 5. The lowest BCUT2D eigenvalue weighted by molar-refractivity contribution is 0.475. The topological polar surface area (TPSA) is 23.5 Å². The zero-order valence-corrected chi connectivity index (χ0v) is 18.3. The van der Waals surface area contributed by atoms with Gasteiger partial charge in [0.15, 0.2) is 4.90 Å². The summed E-state index contributed by atoms with van der Waals surface area (Å²) in [6.45, 7) is 0. The quantitative estimate of drug-likeness (QED) is 0.340. The van der Waals surface area contributed by atoms with Crippen molar-refractivity contribution in [1.82, 2.24) is 0 Å². The second-order valence-electron chi connectivity index (χ2n) is 7.87. The first-order valence-electron chi connectivity index (χ1n) is 10.8. The summed E-state index contributed by atoms with van der Waals surface area (Å²) in [5.41, 5.74) is 5.67. The molecule has 0 radical (unpaired) electrons. The lowest BCUT2D eigenvalue weighted by atomic mass is 10.0. The maximum atomic E-state index is 9.78. The molecule has 154 valence electrons. The van der Waals surface area contributed by atoms with Crippen molar-refractivity contribution in [3.05, 3.63) is 103 Å². The lowest BCUT2D eigenvalue weighted by Gasteiger charge is -2.25. The Morgan fingerprint density at radius 1 is 0.548 bits per heavy atom. The Bertz CT molecular complexity index is 1120. The molecule has 4 aromatic carbocycles. The minimum Gasteiger partial charge on any atom is -0.508 e. The standard InChI is InChI=1S/C28H25NOS/c30-27-16-12-25(13-17-27)29(26-14-18-28(19-15-26)31-20-4-5-21-31)24-10-8-23(9-11-24)22-6-2-1-3-7-22/h1-3,6-19H,4-5,20-21H2/p+1. The minimum atomic E-state index is 0.279. The highest BCUT2D eigenvalue weighted by Crippen LogP contribution is 2.37. The van der Waals surface area contributed by atoms with Gasteiger partial charge in [0.1, 0.15) is 17.3 Å². The molecule has 0 amide bonds. The third-order valence-electron chi connectivity index (χ3n) is 5.80. The number of nitrogens with zero attached hydrogens (tertiary/aromatic N) is 1. The second-order valence-corrected chi connectivity index (χ2v) is 10.1. The summed E-state index contributed by atoms with van der Waals surface area (Å²) >= 11 is 0. The summed E-state index contributed by atoms with van der Waals surface area (Å²) in [6.07, 6.45) is 2.72. The van der Waals surface area contributed by atoms with Crippen LogP contribution in [0.2, 0.25) is 0 Å². The highest BCUT2D eigenvalue weighted by atomic mass is 32.2. The maximum Gasteiger partial charge on any atom is 0.155 e. The molecule has 31 heavy (non-hydrogen) atoms. The van der Waals surface area contributed by atoms with Crippen LogP contribution < -0.4 is 4.90 Å². The molecule has 0 spiro atoms. The van der Waals surface area contributed by atoms with Crippen molar-refractivity contribution in [2.24, 2.45) is 0 Å². The Labute approximate surface area is 187 Å². The Kier molecular flexibility index (Phi) is 5.68. The van der Waals surface area contributed by atoms with E-state index in [0.717, 1.165) is 17.1 Å². The summed E-state index contributed by atoms with van der Waals surface area (Å²) in [5, 5.41) is 9.78. The van der Waals surface area contributed by atoms with Gasteiger partial charge in [-0.25, -0.2) is 0 Å². The fourth-order valence-electron chi connectivity index (χ4n) is 4.16. The van der Waals surface area contributed by atoms with E-state index in [1.54, 1.807) is 12.1 Å². The smallest absolute Gasteiger partial charge is 0.155 e. The van der Waals surface area contributed by atoms with Crippen molar-refractivity contribution >= 4 is 28.0 Å². The zero-order valence-electron chi connectivity index (χ0n) is 17.4. The van der Waals surface area contributed by atoms with Crippen LogP contribution in [-0.2, 0) is 10.9 Å². The molecule has 0 unspecified atom stereocenters.